The number of anilines is 1. The lowest BCUT2D eigenvalue weighted by Gasteiger charge is -2.31. The molecule has 44 heavy (non-hydrogen) atoms. The summed E-state index contributed by atoms with van der Waals surface area (Å²) in [7, 11) is 0. The van der Waals surface area contributed by atoms with E-state index in [-0.39, 0.29) is 19.2 Å². The van der Waals surface area contributed by atoms with Crippen molar-refractivity contribution in [3.05, 3.63) is 59.6 Å². The fourth-order valence-corrected chi connectivity index (χ4v) is 5.47. The quantitative estimate of drug-likeness (QED) is 0.217. The maximum Gasteiger partial charge on any atom is 0.411 e. The van der Waals surface area contributed by atoms with Crippen LogP contribution in [0.5, 0.6) is 6.01 Å². The molecule has 2 saturated heterocycles. The molecule has 13 heteroatoms. The summed E-state index contributed by atoms with van der Waals surface area (Å²) in [5, 5.41) is 22.6. The Morgan fingerprint density at radius 3 is 2.48 bits per heavy atom. The molecule has 0 aliphatic carbocycles. The largest absolute Gasteiger partial charge is 0.459 e. The number of imidazole rings is 1. The van der Waals surface area contributed by atoms with Gasteiger partial charge in [-0.15, -0.1) is 0 Å². The molecule has 0 radical (unpaired) electrons. The molecule has 0 bridgehead atoms. The number of amides is 1. The van der Waals surface area contributed by atoms with E-state index in [1.807, 2.05) is 48.5 Å². The van der Waals surface area contributed by atoms with E-state index in [0.717, 1.165) is 29.8 Å². The smallest absolute Gasteiger partial charge is 0.411 e. The number of nitrogens with one attached hydrogen (secondary N) is 2. The number of carbonyl (C=O) groups excluding carboxylic acids is 1. The monoisotopic (exact) mass is 623 g/mol. The molecule has 0 unspecified atom stereocenters. The number of aromatic nitrogens is 3. The van der Waals surface area contributed by atoms with Crippen molar-refractivity contribution < 1.29 is 34.0 Å². The summed E-state index contributed by atoms with van der Waals surface area (Å²) in [5.74, 6) is 0. The number of carbonyl (C=O) groups is 1. The second-order valence-corrected chi connectivity index (χ2v) is 11.1. The number of hydrogen-bond donors (Lipinski definition) is 4. The van der Waals surface area contributed by atoms with Crippen LogP contribution in [0.4, 0.5) is 10.5 Å². The molecule has 2 aliphatic heterocycles. The van der Waals surface area contributed by atoms with Crippen LogP contribution in [0.2, 0.25) is 5.02 Å². The van der Waals surface area contributed by atoms with Gasteiger partial charge in [0.2, 0.25) is 0 Å². The Balaban J connectivity index is 1.06. The van der Waals surface area contributed by atoms with Crippen LogP contribution in [0.1, 0.15) is 6.42 Å². The van der Waals surface area contributed by atoms with E-state index in [1.165, 1.54) is 0 Å². The summed E-state index contributed by atoms with van der Waals surface area (Å²) < 4.78 is 22.0. The predicted octanol–water partition coefficient (Wildman–Crippen LogP) is 3.72. The number of H-pyrrole nitrogens is 1. The number of rotatable bonds is 9. The second-order valence-electron chi connectivity index (χ2n) is 10.7. The molecule has 4 heterocycles. The molecule has 232 valence electrons. The molecule has 2 aliphatic rings. The number of halogens is 1. The van der Waals surface area contributed by atoms with E-state index in [2.05, 4.69) is 25.2 Å². The molecule has 1 amide bonds. The van der Waals surface area contributed by atoms with E-state index in [1.54, 1.807) is 6.07 Å². The highest BCUT2D eigenvalue weighted by Crippen LogP contribution is 2.32. The van der Waals surface area contributed by atoms with Gasteiger partial charge in [0.1, 0.15) is 18.8 Å². The van der Waals surface area contributed by atoms with Crippen molar-refractivity contribution in [3.63, 3.8) is 0 Å². The van der Waals surface area contributed by atoms with Crippen LogP contribution in [0.3, 0.4) is 0 Å². The van der Waals surface area contributed by atoms with Crippen molar-refractivity contribution in [1.29, 1.82) is 0 Å². The summed E-state index contributed by atoms with van der Waals surface area (Å²) in [6, 6.07) is 17.4. The first-order chi connectivity index (χ1) is 21.4. The third-order valence-corrected chi connectivity index (χ3v) is 7.95. The Kier molecular flexibility index (Phi) is 9.55. The minimum Gasteiger partial charge on any atom is -0.459 e. The average Bonchev–Trinajstić information content (AvgIpc) is 3.42. The van der Waals surface area contributed by atoms with Crippen LogP contribution in [0, 0.1) is 0 Å². The Bertz CT molecular complexity index is 1560. The molecule has 2 aromatic heterocycles. The van der Waals surface area contributed by atoms with Crippen molar-refractivity contribution in [2.75, 3.05) is 58.0 Å². The van der Waals surface area contributed by atoms with Crippen molar-refractivity contribution in [2.45, 2.75) is 24.7 Å². The van der Waals surface area contributed by atoms with Crippen LogP contribution in [0.15, 0.2) is 54.6 Å². The number of pyridine rings is 1. The lowest BCUT2D eigenvalue weighted by atomic mass is 10.0. The molecular weight excluding hydrogens is 590 g/mol. The lowest BCUT2D eigenvalue weighted by molar-refractivity contribution is -0.131. The first-order valence-electron chi connectivity index (χ1n) is 14.5. The van der Waals surface area contributed by atoms with Gasteiger partial charge in [0.05, 0.1) is 48.8 Å². The number of aliphatic hydroxyl groups is 2. The molecule has 4 aromatic rings. The van der Waals surface area contributed by atoms with Crippen LogP contribution in [-0.4, -0.2) is 107 Å². The van der Waals surface area contributed by atoms with Gasteiger partial charge in [0, 0.05) is 37.3 Å². The van der Waals surface area contributed by atoms with Crippen molar-refractivity contribution in [3.8, 4) is 28.4 Å². The first-order valence-corrected chi connectivity index (χ1v) is 14.9. The normalized spacial score (nSPS) is 20.8. The van der Waals surface area contributed by atoms with Gasteiger partial charge in [0.15, 0.2) is 5.65 Å². The lowest BCUT2D eigenvalue weighted by Crippen LogP contribution is -2.45. The highest BCUT2D eigenvalue weighted by atomic mass is 35.5. The van der Waals surface area contributed by atoms with Gasteiger partial charge in [-0.3, -0.25) is 10.2 Å². The SMILES string of the molecule is O=C(Nc1ccc(-c2ccc(-c3nc4nc(O[C@H]5CO[C@H](CO)[C@@H](O)C5)[nH]c4cc3Cl)cc2)cc1)OCCN1CCOCC1. The van der Waals surface area contributed by atoms with E-state index in [9.17, 15) is 15.0 Å². The highest BCUT2D eigenvalue weighted by Gasteiger charge is 2.31. The standard InChI is InChI=1S/C31H34ClN5O7/c32-24-16-25-29(36-30(34-25)44-23-15-26(39)27(17-38)43-18-23)35-28(24)21-3-1-19(2-4-21)20-5-7-22(8-6-20)33-31(40)42-14-11-37-9-12-41-13-10-37/h1-8,16,23,26-27,38-39H,9-15,17-18H2,(H,33,40)(H,34,35,36)/t23-,26+,27-/m1/s1. The van der Waals surface area contributed by atoms with Gasteiger partial charge in [-0.2, -0.15) is 4.98 Å². The number of ether oxygens (including phenoxy) is 4. The maximum atomic E-state index is 12.2. The third kappa shape index (κ3) is 7.29. The third-order valence-electron chi connectivity index (χ3n) is 7.66. The topological polar surface area (TPSA) is 151 Å². The number of aromatic amines is 1. The van der Waals surface area contributed by atoms with Crippen molar-refractivity contribution in [1.82, 2.24) is 19.9 Å². The minimum atomic E-state index is -0.820. The van der Waals surface area contributed by atoms with Crippen LogP contribution < -0.4 is 10.1 Å². The second kappa shape index (κ2) is 13.9. The number of nitrogens with zero attached hydrogens (tertiary/aromatic N) is 3. The van der Waals surface area contributed by atoms with E-state index in [4.69, 9.17) is 30.5 Å². The number of aliphatic hydroxyl groups excluding tert-OH is 2. The zero-order valence-corrected chi connectivity index (χ0v) is 24.7. The van der Waals surface area contributed by atoms with Crippen molar-refractivity contribution >= 4 is 34.5 Å². The molecule has 0 spiro atoms. The average molecular weight is 624 g/mol. The Morgan fingerprint density at radius 1 is 1.07 bits per heavy atom. The molecule has 3 atom stereocenters. The van der Waals surface area contributed by atoms with Gasteiger partial charge < -0.3 is 34.1 Å². The van der Waals surface area contributed by atoms with Gasteiger partial charge in [-0.25, -0.2) is 9.78 Å². The van der Waals surface area contributed by atoms with Crippen LogP contribution >= 0.6 is 11.6 Å². The maximum absolute atomic E-state index is 12.2. The highest BCUT2D eigenvalue weighted by molar-refractivity contribution is 6.33. The number of fused-ring (bicyclic) bond motifs is 1. The Morgan fingerprint density at radius 2 is 1.77 bits per heavy atom. The zero-order valence-electron chi connectivity index (χ0n) is 23.9. The molecule has 4 N–H and O–H groups in total. The van der Waals surface area contributed by atoms with Gasteiger partial charge >= 0.3 is 6.09 Å². The molecule has 12 nitrogen and oxygen atoms in total. The number of benzene rings is 2. The molecule has 2 fully saturated rings. The Hall–Kier alpha value is -3.78. The van der Waals surface area contributed by atoms with E-state index >= 15 is 0 Å². The summed E-state index contributed by atoms with van der Waals surface area (Å²) in [5.41, 5.74) is 5.08. The van der Waals surface area contributed by atoms with E-state index < -0.39 is 24.4 Å². The summed E-state index contributed by atoms with van der Waals surface area (Å²) in [6.45, 7) is 4.12. The number of morpholine rings is 1. The zero-order chi connectivity index (χ0) is 30.5. The summed E-state index contributed by atoms with van der Waals surface area (Å²) in [4.78, 5) is 26.6. The fourth-order valence-electron chi connectivity index (χ4n) is 5.21. The predicted molar refractivity (Wildman–Crippen MR) is 164 cm³/mol. The van der Waals surface area contributed by atoms with Gasteiger partial charge in [-0.1, -0.05) is 48.0 Å². The molecule has 0 saturated carbocycles. The first kappa shape index (κ1) is 30.3. The van der Waals surface area contributed by atoms with Gasteiger partial charge in [-0.05, 0) is 29.3 Å². The Labute approximate surface area is 258 Å². The van der Waals surface area contributed by atoms with Crippen LogP contribution in [-0.2, 0) is 14.2 Å². The van der Waals surface area contributed by atoms with E-state index in [0.29, 0.717) is 60.4 Å². The molecule has 6 rings (SSSR count). The van der Waals surface area contributed by atoms with Crippen molar-refractivity contribution in [2.24, 2.45) is 0 Å². The van der Waals surface area contributed by atoms with Gasteiger partial charge in [0.25, 0.3) is 6.01 Å². The summed E-state index contributed by atoms with van der Waals surface area (Å²) in [6.07, 6.45) is -2.01. The van der Waals surface area contributed by atoms with Crippen LogP contribution in [0.25, 0.3) is 33.5 Å². The summed E-state index contributed by atoms with van der Waals surface area (Å²) >= 11 is 6.60. The fraction of sp³-hybridized carbons (Fsp3) is 0.387. The molecular formula is C31H34ClN5O7. The minimum absolute atomic E-state index is 0.229. The number of hydrogen-bond acceptors (Lipinski definition) is 10. The molecule has 2 aromatic carbocycles.